The molecule has 0 aromatic rings. The molecule has 0 aliphatic heterocycles. The van der Waals surface area contributed by atoms with E-state index >= 15 is 0 Å². The van der Waals surface area contributed by atoms with Gasteiger partial charge in [-0.25, -0.2) is 14.4 Å². The lowest BCUT2D eigenvalue weighted by Crippen LogP contribution is -2.29. The molecule has 1 N–H and O–H groups in total. The van der Waals surface area contributed by atoms with Gasteiger partial charge in [0.05, 0.1) is 13.2 Å². The Morgan fingerprint density at radius 3 is 1.93 bits per heavy atom. The Morgan fingerprint density at radius 2 is 1.34 bits per heavy atom. The molecule has 0 aliphatic carbocycles. The Hall–Kier alpha value is -2.49. The van der Waals surface area contributed by atoms with Crippen LogP contribution >= 0.6 is 11.8 Å². The molecule has 0 aromatic carbocycles. The van der Waals surface area contributed by atoms with Crippen LogP contribution in [-0.2, 0) is 33.3 Å². The number of ether oxygens (including phenoxy) is 4. The van der Waals surface area contributed by atoms with E-state index in [1.165, 1.54) is 18.7 Å². The number of nitrogens with one attached hydrogen (secondary N) is 1. The van der Waals surface area contributed by atoms with E-state index < -0.39 is 18.0 Å². The fourth-order valence-electron chi connectivity index (χ4n) is 1.56. The summed E-state index contributed by atoms with van der Waals surface area (Å²) in [6.45, 7) is 10.8. The first kappa shape index (κ1) is 26.5. The highest BCUT2D eigenvalue weighted by molar-refractivity contribution is 7.99. The maximum absolute atomic E-state index is 11.5. The average molecular weight is 432 g/mol. The second-order valence-electron chi connectivity index (χ2n) is 5.83. The zero-order chi connectivity index (χ0) is 22.1. The van der Waals surface area contributed by atoms with Crippen molar-refractivity contribution >= 4 is 35.8 Å². The summed E-state index contributed by atoms with van der Waals surface area (Å²) >= 11 is 1.47. The molecule has 0 atom stereocenters. The summed E-state index contributed by atoms with van der Waals surface area (Å²) in [5.74, 6) is -0.231. The third-order valence-corrected chi connectivity index (χ3v) is 3.92. The monoisotopic (exact) mass is 431 g/mol. The van der Waals surface area contributed by atoms with Gasteiger partial charge in [-0.3, -0.25) is 4.79 Å². The van der Waals surface area contributed by atoms with Crippen molar-refractivity contribution in [2.75, 3.05) is 44.5 Å². The molecule has 0 spiro atoms. The number of alkyl carbamates (subject to hydrolysis) is 1. The maximum atomic E-state index is 11.5. The van der Waals surface area contributed by atoms with Crippen LogP contribution in [0.4, 0.5) is 4.79 Å². The highest BCUT2D eigenvalue weighted by Crippen LogP contribution is 2.02. The zero-order valence-corrected chi connectivity index (χ0v) is 17.8. The molecule has 10 heteroatoms. The van der Waals surface area contributed by atoms with Gasteiger partial charge in [0, 0.05) is 29.1 Å². The number of amides is 1. The summed E-state index contributed by atoms with van der Waals surface area (Å²) in [6.07, 6.45) is -0.0462. The van der Waals surface area contributed by atoms with E-state index in [2.05, 4.69) is 18.5 Å². The molecular formula is C19H29NO8S. The molecule has 0 bridgehead atoms. The lowest BCUT2D eigenvalue weighted by atomic mass is 10.3. The van der Waals surface area contributed by atoms with Crippen molar-refractivity contribution in [1.82, 2.24) is 5.32 Å². The first-order valence-electron chi connectivity index (χ1n) is 9.03. The average Bonchev–Trinajstić information content (AvgIpc) is 2.67. The zero-order valence-electron chi connectivity index (χ0n) is 17.0. The number of rotatable bonds is 15. The molecule has 0 radical (unpaired) electrons. The summed E-state index contributed by atoms with van der Waals surface area (Å²) in [4.78, 5) is 45.2. The molecule has 1 amide bonds. The quantitative estimate of drug-likeness (QED) is 0.180. The molecule has 9 nitrogen and oxygen atoms in total. The molecule has 0 fully saturated rings. The van der Waals surface area contributed by atoms with Gasteiger partial charge >= 0.3 is 24.0 Å². The van der Waals surface area contributed by atoms with Crippen molar-refractivity contribution in [1.29, 1.82) is 0 Å². The van der Waals surface area contributed by atoms with E-state index in [0.29, 0.717) is 29.1 Å². The van der Waals surface area contributed by atoms with Crippen molar-refractivity contribution in [2.24, 2.45) is 0 Å². The van der Waals surface area contributed by atoms with E-state index in [1.54, 1.807) is 6.92 Å². The standard InChI is InChI=1S/C19H29NO8S/c1-14(2)17(22)26-8-5-6-16(21)25-10-12-29-13-11-28-19(24)20-7-9-27-18(23)15(3)4/h1,3,5-13H2,2,4H3,(H,20,24). The minimum Gasteiger partial charge on any atom is -0.465 e. The van der Waals surface area contributed by atoms with E-state index in [1.807, 2.05) is 0 Å². The summed E-state index contributed by atoms with van der Waals surface area (Å²) in [5.41, 5.74) is 0.606. The number of carbonyl (C=O) groups excluding carboxylic acids is 4. The van der Waals surface area contributed by atoms with Crippen molar-refractivity contribution < 1.29 is 38.1 Å². The lowest BCUT2D eigenvalue weighted by Gasteiger charge is -2.08. The Labute approximate surface area is 175 Å². The van der Waals surface area contributed by atoms with Gasteiger partial charge in [-0.1, -0.05) is 13.2 Å². The van der Waals surface area contributed by atoms with Crippen molar-refractivity contribution in [3.8, 4) is 0 Å². The van der Waals surface area contributed by atoms with E-state index in [9.17, 15) is 19.2 Å². The van der Waals surface area contributed by atoms with Crippen LogP contribution in [0.25, 0.3) is 0 Å². The van der Waals surface area contributed by atoms with Crippen LogP contribution in [0.1, 0.15) is 26.7 Å². The number of thioether (sulfide) groups is 1. The van der Waals surface area contributed by atoms with Gasteiger partial charge in [0.15, 0.2) is 0 Å². The Balaban J connectivity index is 3.47. The number of esters is 3. The highest BCUT2D eigenvalue weighted by atomic mass is 32.2. The van der Waals surface area contributed by atoms with Crippen LogP contribution in [0.2, 0.25) is 0 Å². The summed E-state index contributed by atoms with van der Waals surface area (Å²) < 4.78 is 19.7. The summed E-state index contributed by atoms with van der Waals surface area (Å²) in [6, 6.07) is 0. The summed E-state index contributed by atoms with van der Waals surface area (Å²) in [7, 11) is 0. The second-order valence-corrected chi connectivity index (χ2v) is 7.06. The topological polar surface area (TPSA) is 117 Å². The van der Waals surface area contributed by atoms with Gasteiger partial charge < -0.3 is 24.3 Å². The molecule has 0 saturated heterocycles. The molecule has 0 rings (SSSR count). The smallest absolute Gasteiger partial charge is 0.407 e. The number of hydrogen-bond donors (Lipinski definition) is 1. The van der Waals surface area contributed by atoms with Crippen LogP contribution in [0.15, 0.2) is 24.3 Å². The van der Waals surface area contributed by atoms with Crippen molar-refractivity contribution in [3.63, 3.8) is 0 Å². The molecule has 0 saturated carbocycles. The van der Waals surface area contributed by atoms with Gasteiger partial charge in [-0.05, 0) is 20.3 Å². The van der Waals surface area contributed by atoms with Crippen LogP contribution in [0.3, 0.4) is 0 Å². The van der Waals surface area contributed by atoms with Crippen LogP contribution in [0, 0.1) is 0 Å². The molecule has 0 heterocycles. The van der Waals surface area contributed by atoms with Gasteiger partial charge in [0.25, 0.3) is 0 Å². The van der Waals surface area contributed by atoms with Crippen molar-refractivity contribution in [2.45, 2.75) is 26.7 Å². The first-order chi connectivity index (χ1) is 13.7. The van der Waals surface area contributed by atoms with Gasteiger partial charge in [0.2, 0.25) is 0 Å². The third kappa shape index (κ3) is 16.2. The molecule has 164 valence electrons. The largest absolute Gasteiger partial charge is 0.465 e. The molecule has 0 aromatic heterocycles. The lowest BCUT2D eigenvalue weighted by molar-refractivity contribution is -0.145. The van der Waals surface area contributed by atoms with Gasteiger partial charge in [-0.2, -0.15) is 11.8 Å². The Morgan fingerprint density at radius 1 is 0.793 bits per heavy atom. The third-order valence-electron chi connectivity index (χ3n) is 3.01. The SMILES string of the molecule is C=C(C)C(=O)OCCCC(=O)OCCSCCOC(=O)NCCOC(=O)C(=C)C. The highest BCUT2D eigenvalue weighted by Gasteiger charge is 2.07. The Kier molecular flexibility index (Phi) is 15.0. The van der Waals surface area contributed by atoms with Crippen molar-refractivity contribution in [3.05, 3.63) is 24.3 Å². The van der Waals surface area contributed by atoms with Crippen LogP contribution in [-0.4, -0.2) is 68.5 Å². The first-order valence-corrected chi connectivity index (χ1v) is 10.2. The molecule has 0 unspecified atom stereocenters. The fourth-order valence-corrected chi connectivity index (χ4v) is 2.16. The minimum atomic E-state index is -0.601. The van der Waals surface area contributed by atoms with E-state index in [0.717, 1.165) is 0 Å². The summed E-state index contributed by atoms with van der Waals surface area (Å²) in [5, 5.41) is 2.45. The van der Waals surface area contributed by atoms with Gasteiger partial charge in [0.1, 0.15) is 19.8 Å². The second kappa shape index (κ2) is 16.5. The Bertz CT molecular complexity index is 541. The van der Waals surface area contributed by atoms with Crippen LogP contribution < -0.4 is 5.32 Å². The number of carbonyl (C=O) groups is 4. The predicted molar refractivity (Wildman–Crippen MR) is 108 cm³/mol. The molecule has 0 aliphatic rings. The minimum absolute atomic E-state index is 0.0389. The normalized spacial score (nSPS) is 9.86. The molecule has 29 heavy (non-hydrogen) atoms. The molecular weight excluding hydrogens is 402 g/mol. The predicted octanol–water partition coefficient (Wildman–Crippen LogP) is 2.01. The van der Waals surface area contributed by atoms with Crippen LogP contribution in [0.5, 0.6) is 0 Å². The van der Waals surface area contributed by atoms with E-state index in [-0.39, 0.29) is 45.4 Å². The fraction of sp³-hybridized carbons (Fsp3) is 0.579. The maximum Gasteiger partial charge on any atom is 0.407 e. The van der Waals surface area contributed by atoms with Gasteiger partial charge in [-0.15, -0.1) is 0 Å². The number of hydrogen-bond acceptors (Lipinski definition) is 9. The van der Waals surface area contributed by atoms with E-state index in [4.69, 9.17) is 18.9 Å².